The van der Waals surface area contributed by atoms with Crippen LogP contribution in [-0.2, 0) is 0 Å². The quantitative estimate of drug-likeness (QED) is 0.637. The van der Waals surface area contributed by atoms with Crippen LogP contribution in [0.1, 0.15) is 15.9 Å². The van der Waals surface area contributed by atoms with Gasteiger partial charge < -0.3 is 4.74 Å². The summed E-state index contributed by atoms with van der Waals surface area (Å²) in [6, 6.07) is 3.94. The van der Waals surface area contributed by atoms with Gasteiger partial charge in [0, 0.05) is 18.2 Å². The first-order valence-electron chi connectivity index (χ1n) is 5.47. The molecule has 104 valence electrons. The second-order valence-corrected chi connectivity index (χ2v) is 3.92. The molecule has 0 N–H and O–H groups in total. The summed E-state index contributed by atoms with van der Waals surface area (Å²) in [5.41, 5.74) is -1.54. The van der Waals surface area contributed by atoms with Crippen molar-refractivity contribution in [2.24, 2.45) is 0 Å². The van der Waals surface area contributed by atoms with Crippen molar-refractivity contribution in [3.05, 3.63) is 64.7 Å². The first-order valence-corrected chi connectivity index (χ1v) is 5.47. The van der Waals surface area contributed by atoms with Crippen LogP contribution in [0.5, 0.6) is 5.75 Å². The van der Waals surface area contributed by atoms with Crippen LogP contribution in [0.4, 0.5) is 17.6 Å². The number of halogens is 4. The van der Waals surface area contributed by atoms with E-state index < -0.39 is 40.2 Å². The smallest absolute Gasteiger partial charge is 0.201 e. The number of hydrogen-bond donors (Lipinski definition) is 0. The van der Waals surface area contributed by atoms with Crippen LogP contribution >= 0.6 is 0 Å². The Hall–Kier alpha value is -2.37. The third-order valence-electron chi connectivity index (χ3n) is 2.65. The van der Waals surface area contributed by atoms with Crippen LogP contribution in [0, 0.1) is 23.3 Å². The van der Waals surface area contributed by atoms with E-state index in [0.29, 0.717) is 12.1 Å². The minimum Gasteiger partial charge on any atom is -0.497 e. The molecule has 2 aromatic rings. The van der Waals surface area contributed by atoms with Crippen molar-refractivity contribution < 1.29 is 27.1 Å². The highest BCUT2D eigenvalue weighted by Gasteiger charge is 2.23. The van der Waals surface area contributed by atoms with Crippen LogP contribution in [0.2, 0.25) is 0 Å². The zero-order valence-corrected chi connectivity index (χ0v) is 10.2. The highest BCUT2D eigenvalue weighted by atomic mass is 19.1. The van der Waals surface area contributed by atoms with E-state index in [2.05, 4.69) is 0 Å². The molecule has 0 fully saturated rings. The maximum atomic E-state index is 13.7. The van der Waals surface area contributed by atoms with Gasteiger partial charge in [-0.05, 0) is 12.1 Å². The number of carbonyl (C=O) groups excluding carboxylic acids is 1. The fraction of sp³-hybridized carbons (Fsp3) is 0.0714. The average molecular weight is 284 g/mol. The number of benzene rings is 2. The Labute approximate surface area is 111 Å². The fourth-order valence-electron chi connectivity index (χ4n) is 1.70. The van der Waals surface area contributed by atoms with Crippen molar-refractivity contribution >= 4 is 5.78 Å². The van der Waals surface area contributed by atoms with Gasteiger partial charge in [0.1, 0.15) is 29.0 Å². The summed E-state index contributed by atoms with van der Waals surface area (Å²) in [5, 5.41) is 0. The van der Waals surface area contributed by atoms with Gasteiger partial charge in [-0.15, -0.1) is 0 Å². The molecular formula is C14H8F4O2. The molecule has 0 aliphatic rings. The monoisotopic (exact) mass is 284 g/mol. The molecule has 0 radical (unpaired) electrons. The normalized spacial score (nSPS) is 10.4. The van der Waals surface area contributed by atoms with Crippen LogP contribution in [0.25, 0.3) is 0 Å². The van der Waals surface area contributed by atoms with Crippen LogP contribution < -0.4 is 4.74 Å². The molecule has 0 unspecified atom stereocenters. The molecule has 0 amide bonds. The van der Waals surface area contributed by atoms with E-state index in [1.54, 1.807) is 0 Å². The Morgan fingerprint density at radius 1 is 0.950 bits per heavy atom. The summed E-state index contributed by atoms with van der Waals surface area (Å²) in [5.74, 6) is -5.98. The maximum absolute atomic E-state index is 13.7. The van der Waals surface area contributed by atoms with Crippen molar-refractivity contribution in [2.45, 2.75) is 0 Å². The van der Waals surface area contributed by atoms with Crippen molar-refractivity contribution in [2.75, 3.05) is 7.11 Å². The molecule has 0 atom stereocenters. The molecule has 0 aliphatic carbocycles. The molecule has 20 heavy (non-hydrogen) atoms. The van der Waals surface area contributed by atoms with Crippen LogP contribution in [0.15, 0.2) is 30.3 Å². The lowest BCUT2D eigenvalue weighted by Gasteiger charge is -2.07. The van der Waals surface area contributed by atoms with Gasteiger partial charge in [0.25, 0.3) is 0 Å². The summed E-state index contributed by atoms with van der Waals surface area (Å²) in [4.78, 5) is 11.9. The van der Waals surface area contributed by atoms with Crippen LogP contribution in [0.3, 0.4) is 0 Å². The molecular weight excluding hydrogens is 276 g/mol. The maximum Gasteiger partial charge on any atom is 0.201 e. The van der Waals surface area contributed by atoms with Gasteiger partial charge in [-0.3, -0.25) is 4.79 Å². The molecule has 2 rings (SSSR count). The van der Waals surface area contributed by atoms with Gasteiger partial charge >= 0.3 is 0 Å². The van der Waals surface area contributed by atoms with Gasteiger partial charge in [-0.1, -0.05) is 0 Å². The average Bonchev–Trinajstić information content (AvgIpc) is 2.37. The summed E-state index contributed by atoms with van der Waals surface area (Å²) in [6.07, 6.45) is 0. The van der Waals surface area contributed by atoms with Gasteiger partial charge in [-0.2, -0.15) is 0 Å². The zero-order chi connectivity index (χ0) is 14.9. The molecule has 0 spiro atoms. The van der Waals surface area contributed by atoms with Crippen molar-refractivity contribution in [1.82, 2.24) is 0 Å². The van der Waals surface area contributed by atoms with Gasteiger partial charge in [-0.25, -0.2) is 17.6 Å². The Morgan fingerprint density at radius 2 is 1.55 bits per heavy atom. The highest BCUT2D eigenvalue weighted by Crippen LogP contribution is 2.22. The van der Waals surface area contributed by atoms with Crippen molar-refractivity contribution in [3.63, 3.8) is 0 Å². The van der Waals surface area contributed by atoms with E-state index in [9.17, 15) is 22.4 Å². The van der Waals surface area contributed by atoms with E-state index in [1.807, 2.05) is 0 Å². The Balaban J connectivity index is 2.52. The lowest BCUT2D eigenvalue weighted by Crippen LogP contribution is -2.10. The largest absolute Gasteiger partial charge is 0.497 e. The van der Waals surface area contributed by atoms with E-state index in [1.165, 1.54) is 13.2 Å². The zero-order valence-electron chi connectivity index (χ0n) is 10.2. The number of rotatable bonds is 3. The Morgan fingerprint density at radius 3 is 2.05 bits per heavy atom. The summed E-state index contributed by atoms with van der Waals surface area (Å²) in [7, 11) is 1.30. The number of hydrogen-bond acceptors (Lipinski definition) is 2. The predicted octanol–water partition coefficient (Wildman–Crippen LogP) is 3.48. The first-order chi connectivity index (χ1) is 9.43. The minimum absolute atomic E-state index is 0.152. The third kappa shape index (κ3) is 2.49. The number of carbonyl (C=O) groups is 1. The molecule has 0 saturated heterocycles. The number of ether oxygens (including phenoxy) is 1. The highest BCUT2D eigenvalue weighted by molar-refractivity contribution is 6.09. The van der Waals surface area contributed by atoms with E-state index in [0.717, 1.165) is 12.1 Å². The van der Waals surface area contributed by atoms with E-state index in [-0.39, 0.29) is 5.75 Å². The molecule has 0 heterocycles. The van der Waals surface area contributed by atoms with Gasteiger partial charge in [0.15, 0.2) is 0 Å². The molecule has 0 bridgehead atoms. The number of ketones is 1. The second kappa shape index (κ2) is 5.32. The molecule has 0 aromatic heterocycles. The molecule has 2 aromatic carbocycles. The Kier molecular flexibility index (Phi) is 3.74. The Bertz CT molecular complexity index is 660. The fourth-order valence-corrected chi connectivity index (χ4v) is 1.70. The lowest BCUT2D eigenvalue weighted by molar-refractivity contribution is 0.102. The minimum atomic E-state index is -1.39. The van der Waals surface area contributed by atoms with E-state index in [4.69, 9.17) is 4.74 Å². The molecule has 6 heteroatoms. The van der Waals surface area contributed by atoms with Gasteiger partial charge in [0.2, 0.25) is 5.78 Å². The lowest BCUT2D eigenvalue weighted by atomic mass is 10.0. The summed E-state index contributed by atoms with van der Waals surface area (Å²) >= 11 is 0. The van der Waals surface area contributed by atoms with E-state index >= 15 is 0 Å². The first kappa shape index (κ1) is 14.0. The number of methoxy groups -OCH3 is 1. The SMILES string of the molecule is COc1ccc(C(=O)c2c(F)cc(F)cc2F)c(F)c1. The van der Waals surface area contributed by atoms with Crippen molar-refractivity contribution in [3.8, 4) is 5.75 Å². The second-order valence-electron chi connectivity index (χ2n) is 3.92. The molecule has 2 nitrogen and oxygen atoms in total. The third-order valence-corrected chi connectivity index (χ3v) is 2.65. The summed E-state index contributed by atoms with van der Waals surface area (Å²) in [6.45, 7) is 0. The summed E-state index contributed by atoms with van der Waals surface area (Å²) < 4.78 is 58.2. The standard InChI is InChI=1S/C14H8F4O2/c1-20-8-2-3-9(10(16)6-8)14(19)13-11(17)4-7(15)5-12(13)18/h2-6H,1H3. The topological polar surface area (TPSA) is 26.3 Å². The van der Waals surface area contributed by atoms with Gasteiger partial charge in [0.05, 0.1) is 18.2 Å². The predicted molar refractivity (Wildman–Crippen MR) is 62.7 cm³/mol. The molecule has 0 aliphatic heterocycles. The van der Waals surface area contributed by atoms with Crippen LogP contribution in [-0.4, -0.2) is 12.9 Å². The van der Waals surface area contributed by atoms with Crippen molar-refractivity contribution in [1.29, 1.82) is 0 Å². The molecule has 0 saturated carbocycles.